The minimum atomic E-state index is -0.0389. The first-order chi connectivity index (χ1) is 9.57. The minimum absolute atomic E-state index is 0.0389. The molecule has 0 spiro atoms. The second-order valence-corrected chi connectivity index (χ2v) is 6.02. The molecule has 0 saturated carbocycles. The molecule has 2 rings (SSSR count). The van der Waals surface area contributed by atoms with Gasteiger partial charge in [-0.15, -0.1) is 0 Å². The highest BCUT2D eigenvalue weighted by Gasteiger charge is 2.26. The third kappa shape index (κ3) is 4.78. The van der Waals surface area contributed by atoms with Gasteiger partial charge in [0.15, 0.2) is 0 Å². The van der Waals surface area contributed by atoms with E-state index in [2.05, 4.69) is 17.6 Å². The number of anilines is 1. The Hall–Kier alpha value is -1.10. The SMILES string of the molecule is CC1(CNCC(=O)Nc2ccc(Cl)cc2)CCOCC1. The predicted molar refractivity (Wildman–Crippen MR) is 81.1 cm³/mol. The van der Waals surface area contributed by atoms with Crippen LogP contribution >= 0.6 is 11.6 Å². The fourth-order valence-electron chi connectivity index (χ4n) is 2.26. The summed E-state index contributed by atoms with van der Waals surface area (Å²) >= 11 is 5.80. The molecule has 0 aromatic heterocycles. The summed E-state index contributed by atoms with van der Waals surface area (Å²) in [5.41, 5.74) is 0.997. The number of ether oxygens (including phenoxy) is 1. The number of hydrogen-bond acceptors (Lipinski definition) is 3. The van der Waals surface area contributed by atoms with Crippen molar-refractivity contribution in [3.05, 3.63) is 29.3 Å². The number of nitrogens with one attached hydrogen (secondary N) is 2. The van der Waals surface area contributed by atoms with Gasteiger partial charge < -0.3 is 15.4 Å². The lowest BCUT2D eigenvalue weighted by atomic mass is 9.82. The van der Waals surface area contributed by atoms with Gasteiger partial charge in [0, 0.05) is 30.5 Å². The average Bonchev–Trinajstić information content (AvgIpc) is 2.42. The summed E-state index contributed by atoms with van der Waals surface area (Å²) in [6.07, 6.45) is 2.08. The molecule has 1 fully saturated rings. The number of carbonyl (C=O) groups is 1. The van der Waals surface area contributed by atoms with Crippen LogP contribution in [0.3, 0.4) is 0 Å². The van der Waals surface area contributed by atoms with E-state index in [0.717, 1.165) is 38.3 Å². The van der Waals surface area contributed by atoms with Crippen LogP contribution in [0.5, 0.6) is 0 Å². The molecule has 1 amide bonds. The standard InChI is InChI=1S/C15H21ClN2O2/c1-15(6-8-20-9-7-15)11-17-10-14(19)18-13-4-2-12(16)3-5-13/h2-5,17H,6-11H2,1H3,(H,18,19). The molecule has 1 aliphatic rings. The van der Waals surface area contributed by atoms with Gasteiger partial charge >= 0.3 is 0 Å². The summed E-state index contributed by atoms with van der Waals surface area (Å²) in [4.78, 5) is 11.8. The maximum atomic E-state index is 11.8. The molecule has 20 heavy (non-hydrogen) atoms. The van der Waals surface area contributed by atoms with Crippen molar-refractivity contribution < 1.29 is 9.53 Å². The van der Waals surface area contributed by atoms with Crippen molar-refractivity contribution in [2.45, 2.75) is 19.8 Å². The van der Waals surface area contributed by atoms with Crippen LogP contribution < -0.4 is 10.6 Å². The van der Waals surface area contributed by atoms with Gasteiger partial charge in [0.2, 0.25) is 5.91 Å². The normalized spacial score (nSPS) is 17.7. The Kier molecular flexibility index (Phi) is 5.40. The lowest BCUT2D eigenvalue weighted by Crippen LogP contribution is -2.39. The minimum Gasteiger partial charge on any atom is -0.381 e. The number of hydrogen-bond donors (Lipinski definition) is 2. The fourth-order valence-corrected chi connectivity index (χ4v) is 2.38. The molecule has 2 N–H and O–H groups in total. The Morgan fingerprint density at radius 1 is 1.30 bits per heavy atom. The van der Waals surface area contributed by atoms with Crippen molar-refractivity contribution in [2.75, 3.05) is 31.6 Å². The van der Waals surface area contributed by atoms with Gasteiger partial charge in [-0.05, 0) is 42.5 Å². The molecule has 5 heteroatoms. The molecule has 1 aromatic rings. The molecule has 0 aliphatic carbocycles. The predicted octanol–water partition coefficient (Wildman–Crippen LogP) is 2.68. The van der Waals surface area contributed by atoms with E-state index in [-0.39, 0.29) is 11.3 Å². The Labute approximate surface area is 124 Å². The Morgan fingerprint density at radius 2 is 1.95 bits per heavy atom. The first kappa shape index (κ1) is 15.3. The zero-order valence-corrected chi connectivity index (χ0v) is 12.5. The monoisotopic (exact) mass is 296 g/mol. The van der Waals surface area contributed by atoms with E-state index in [1.54, 1.807) is 24.3 Å². The maximum Gasteiger partial charge on any atom is 0.238 e. The number of benzene rings is 1. The molecule has 1 aromatic carbocycles. The molecule has 0 bridgehead atoms. The summed E-state index contributed by atoms with van der Waals surface area (Å²) in [5.74, 6) is -0.0389. The molecule has 1 aliphatic heterocycles. The Balaban J connectivity index is 1.71. The molecule has 0 unspecified atom stereocenters. The van der Waals surface area contributed by atoms with Gasteiger partial charge in [-0.25, -0.2) is 0 Å². The molecule has 1 heterocycles. The zero-order chi connectivity index (χ0) is 14.4. The molecule has 110 valence electrons. The van der Waals surface area contributed by atoms with Gasteiger partial charge in [0.25, 0.3) is 0 Å². The van der Waals surface area contributed by atoms with Crippen molar-refractivity contribution in [1.82, 2.24) is 5.32 Å². The van der Waals surface area contributed by atoms with Crippen LogP contribution in [0.15, 0.2) is 24.3 Å². The Morgan fingerprint density at radius 3 is 2.60 bits per heavy atom. The van der Waals surface area contributed by atoms with E-state index < -0.39 is 0 Å². The third-order valence-electron chi connectivity index (χ3n) is 3.67. The topological polar surface area (TPSA) is 50.4 Å². The van der Waals surface area contributed by atoms with E-state index in [0.29, 0.717) is 11.6 Å². The highest BCUT2D eigenvalue weighted by atomic mass is 35.5. The zero-order valence-electron chi connectivity index (χ0n) is 11.7. The lowest BCUT2D eigenvalue weighted by molar-refractivity contribution is -0.115. The summed E-state index contributed by atoms with van der Waals surface area (Å²) < 4.78 is 5.36. The molecular formula is C15H21ClN2O2. The molecular weight excluding hydrogens is 276 g/mol. The highest BCUT2D eigenvalue weighted by Crippen LogP contribution is 2.28. The van der Waals surface area contributed by atoms with E-state index >= 15 is 0 Å². The summed E-state index contributed by atoms with van der Waals surface area (Å²) in [5, 5.41) is 6.73. The molecule has 0 radical (unpaired) electrons. The van der Waals surface area contributed by atoms with Crippen molar-refractivity contribution in [2.24, 2.45) is 5.41 Å². The van der Waals surface area contributed by atoms with Crippen LogP contribution in [0.4, 0.5) is 5.69 Å². The number of amides is 1. The van der Waals surface area contributed by atoms with E-state index in [9.17, 15) is 4.79 Å². The molecule has 4 nitrogen and oxygen atoms in total. The number of carbonyl (C=O) groups excluding carboxylic acids is 1. The second-order valence-electron chi connectivity index (χ2n) is 5.58. The largest absolute Gasteiger partial charge is 0.381 e. The van der Waals surface area contributed by atoms with Crippen LogP contribution in [0.1, 0.15) is 19.8 Å². The number of rotatable bonds is 5. The molecule has 0 atom stereocenters. The number of halogens is 1. The lowest BCUT2D eigenvalue weighted by Gasteiger charge is -2.33. The van der Waals surface area contributed by atoms with Crippen LogP contribution in [0, 0.1) is 5.41 Å². The van der Waals surface area contributed by atoms with Gasteiger partial charge in [-0.1, -0.05) is 18.5 Å². The van der Waals surface area contributed by atoms with E-state index in [1.807, 2.05) is 0 Å². The van der Waals surface area contributed by atoms with Gasteiger partial charge in [-0.3, -0.25) is 4.79 Å². The van der Waals surface area contributed by atoms with E-state index in [1.165, 1.54) is 0 Å². The molecule has 1 saturated heterocycles. The summed E-state index contributed by atoms with van der Waals surface area (Å²) in [6.45, 7) is 5.02. The first-order valence-corrected chi connectivity index (χ1v) is 7.29. The fraction of sp³-hybridized carbons (Fsp3) is 0.533. The van der Waals surface area contributed by atoms with Crippen LogP contribution in [0.2, 0.25) is 5.02 Å². The van der Waals surface area contributed by atoms with Gasteiger partial charge in [-0.2, -0.15) is 0 Å². The highest BCUT2D eigenvalue weighted by molar-refractivity contribution is 6.30. The van der Waals surface area contributed by atoms with Gasteiger partial charge in [0.05, 0.1) is 6.54 Å². The second kappa shape index (κ2) is 7.07. The van der Waals surface area contributed by atoms with Crippen molar-refractivity contribution in [1.29, 1.82) is 0 Å². The Bertz CT molecular complexity index is 442. The third-order valence-corrected chi connectivity index (χ3v) is 3.92. The summed E-state index contributed by atoms with van der Waals surface area (Å²) in [7, 11) is 0. The van der Waals surface area contributed by atoms with E-state index in [4.69, 9.17) is 16.3 Å². The van der Waals surface area contributed by atoms with Crippen LogP contribution in [-0.4, -0.2) is 32.2 Å². The van der Waals surface area contributed by atoms with Crippen molar-refractivity contribution in [3.63, 3.8) is 0 Å². The quantitative estimate of drug-likeness (QED) is 0.878. The summed E-state index contributed by atoms with van der Waals surface area (Å²) in [6, 6.07) is 7.10. The van der Waals surface area contributed by atoms with Crippen LogP contribution in [0.25, 0.3) is 0 Å². The smallest absolute Gasteiger partial charge is 0.238 e. The van der Waals surface area contributed by atoms with Crippen LogP contribution in [-0.2, 0) is 9.53 Å². The first-order valence-electron chi connectivity index (χ1n) is 6.91. The van der Waals surface area contributed by atoms with Crippen molar-refractivity contribution >= 4 is 23.2 Å². The average molecular weight is 297 g/mol. The van der Waals surface area contributed by atoms with Gasteiger partial charge in [0.1, 0.15) is 0 Å². The maximum absolute atomic E-state index is 11.8. The van der Waals surface area contributed by atoms with Crippen molar-refractivity contribution in [3.8, 4) is 0 Å².